The number of carbonyl (C=O) groups is 3. The van der Waals surface area contributed by atoms with Crippen molar-refractivity contribution in [2.75, 3.05) is 32.1 Å². The summed E-state index contributed by atoms with van der Waals surface area (Å²) >= 11 is 1.24. The summed E-state index contributed by atoms with van der Waals surface area (Å²) < 4.78 is 10.8. The topological polar surface area (TPSA) is 110 Å². The lowest BCUT2D eigenvalue weighted by atomic mass is 9.99. The van der Waals surface area contributed by atoms with Crippen molar-refractivity contribution in [3.63, 3.8) is 0 Å². The molecule has 0 radical (unpaired) electrons. The summed E-state index contributed by atoms with van der Waals surface area (Å²) in [7, 11) is 1.52. The van der Waals surface area contributed by atoms with Gasteiger partial charge in [0.2, 0.25) is 5.91 Å². The van der Waals surface area contributed by atoms with Crippen molar-refractivity contribution in [1.29, 1.82) is 0 Å². The number of aromatic nitrogens is 1. The first-order chi connectivity index (χ1) is 16.1. The molecule has 3 amide bonds. The zero-order valence-electron chi connectivity index (χ0n) is 18.5. The van der Waals surface area contributed by atoms with Crippen LogP contribution < -0.4 is 10.6 Å². The number of thiazole rings is 1. The molecule has 0 saturated carbocycles. The Balaban J connectivity index is 1.48. The third-order valence-electron chi connectivity index (χ3n) is 5.89. The van der Waals surface area contributed by atoms with Crippen LogP contribution in [0.1, 0.15) is 52.8 Å². The standard InChI is InChI=1S/C23H28N4O5S/c1-24-20(29)18-22(26-19(28)16-9-12-31-13-10-16)33-21(25-18)17-8-5-11-27(17)23(30)32-14-15-6-3-2-4-7-15/h2-4,6-7,16-17H,5,8-14H2,1H3,(H,24,29)(H,26,28)/t17-/m1/s1. The lowest BCUT2D eigenvalue weighted by molar-refractivity contribution is -0.122. The van der Waals surface area contributed by atoms with Crippen LogP contribution in [0, 0.1) is 5.92 Å². The average molecular weight is 473 g/mol. The van der Waals surface area contributed by atoms with E-state index in [1.165, 1.54) is 18.4 Å². The molecule has 2 saturated heterocycles. The van der Waals surface area contributed by atoms with Crippen molar-refractivity contribution in [3.05, 3.63) is 46.6 Å². The molecule has 2 aromatic rings. The van der Waals surface area contributed by atoms with Crippen molar-refractivity contribution in [1.82, 2.24) is 15.2 Å². The van der Waals surface area contributed by atoms with E-state index in [-0.39, 0.29) is 36.1 Å². The molecular weight excluding hydrogens is 444 g/mol. The lowest BCUT2D eigenvalue weighted by Crippen LogP contribution is -2.31. The molecule has 10 heteroatoms. The second-order valence-electron chi connectivity index (χ2n) is 8.08. The Kier molecular flexibility index (Phi) is 7.56. The van der Waals surface area contributed by atoms with Crippen LogP contribution in [0.5, 0.6) is 0 Å². The minimum atomic E-state index is -0.411. The number of rotatable bonds is 6. The molecule has 33 heavy (non-hydrogen) atoms. The van der Waals surface area contributed by atoms with Gasteiger partial charge >= 0.3 is 6.09 Å². The normalized spacial score (nSPS) is 18.7. The second kappa shape index (κ2) is 10.8. The summed E-state index contributed by atoms with van der Waals surface area (Å²) in [6.07, 6.45) is 2.41. The molecule has 0 aliphatic carbocycles. The molecule has 2 N–H and O–H groups in total. The molecule has 176 valence electrons. The zero-order chi connectivity index (χ0) is 23.2. The van der Waals surface area contributed by atoms with Crippen LogP contribution in [0.4, 0.5) is 9.80 Å². The maximum atomic E-state index is 12.8. The fraction of sp³-hybridized carbons (Fsp3) is 0.478. The van der Waals surface area contributed by atoms with Gasteiger partial charge in [0, 0.05) is 32.7 Å². The summed E-state index contributed by atoms with van der Waals surface area (Å²) in [5, 5.41) is 6.50. The Morgan fingerprint density at radius 3 is 2.67 bits per heavy atom. The molecule has 2 aliphatic rings. The Hall–Kier alpha value is -2.98. The second-order valence-corrected chi connectivity index (χ2v) is 9.11. The number of nitrogens with zero attached hydrogens (tertiary/aromatic N) is 2. The van der Waals surface area contributed by atoms with Crippen molar-refractivity contribution in [2.24, 2.45) is 5.92 Å². The first-order valence-electron chi connectivity index (χ1n) is 11.2. The highest BCUT2D eigenvalue weighted by Crippen LogP contribution is 2.38. The highest BCUT2D eigenvalue weighted by atomic mass is 32.1. The van der Waals surface area contributed by atoms with Gasteiger partial charge in [0.05, 0.1) is 6.04 Å². The van der Waals surface area contributed by atoms with E-state index in [9.17, 15) is 14.4 Å². The van der Waals surface area contributed by atoms with Gasteiger partial charge in [-0.05, 0) is 31.2 Å². The summed E-state index contributed by atoms with van der Waals surface area (Å²) in [5.74, 6) is -0.669. The Morgan fingerprint density at radius 1 is 1.18 bits per heavy atom. The van der Waals surface area contributed by atoms with E-state index in [0.29, 0.717) is 49.0 Å². The minimum absolute atomic E-state index is 0.135. The van der Waals surface area contributed by atoms with Crippen LogP contribution in [0.25, 0.3) is 0 Å². The van der Waals surface area contributed by atoms with Gasteiger partial charge < -0.3 is 20.1 Å². The van der Waals surface area contributed by atoms with Crippen LogP contribution in [0.15, 0.2) is 30.3 Å². The third kappa shape index (κ3) is 5.51. The average Bonchev–Trinajstić information content (AvgIpc) is 3.50. The van der Waals surface area contributed by atoms with Crippen LogP contribution in [-0.4, -0.2) is 54.6 Å². The van der Waals surface area contributed by atoms with Gasteiger partial charge in [-0.25, -0.2) is 9.78 Å². The number of anilines is 1. The highest BCUT2D eigenvalue weighted by molar-refractivity contribution is 7.16. The van der Waals surface area contributed by atoms with E-state index in [1.807, 2.05) is 30.3 Å². The van der Waals surface area contributed by atoms with Crippen molar-refractivity contribution >= 4 is 34.2 Å². The van der Waals surface area contributed by atoms with Gasteiger partial charge in [0.15, 0.2) is 5.69 Å². The van der Waals surface area contributed by atoms with Gasteiger partial charge in [-0.3, -0.25) is 14.5 Å². The molecule has 9 nitrogen and oxygen atoms in total. The number of carbonyl (C=O) groups excluding carboxylic acids is 3. The van der Waals surface area contributed by atoms with Crippen LogP contribution in [-0.2, 0) is 20.9 Å². The van der Waals surface area contributed by atoms with E-state index in [0.717, 1.165) is 12.0 Å². The highest BCUT2D eigenvalue weighted by Gasteiger charge is 2.35. The molecule has 0 spiro atoms. The number of benzene rings is 1. The monoisotopic (exact) mass is 472 g/mol. The van der Waals surface area contributed by atoms with E-state index < -0.39 is 6.09 Å². The van der Waals surface area contributed by atoms with Crippen molar-refractivity contribution < 1.29 is 23.9 Å². The zero-order valence-corrected chi connectivity index (χ0v) is 19.4. The third-order valence-corrected chi connectivity index (χ3v) is 6.96. The van der Waals surface area contributed by atoms with Gasteiger partial charge in [-0.2, -0.15) is 0 Å². The number of hydrogen-bond donors (Lipinski definition) is 2. The number of amides is 3. The Labute approximate surface area is 196 Å². The Bertz CT molecular complexity index is 990. The molecule has 3 heterocycles. The minimum Gasteiger partial charge on any atom is -0.445 e. The number of nitrogens with one attached hydrogen (secondary N) is 2. The van der Waals surface area contributed by atoms with Gasteiger partial charge in [0.25, 0.3) is 5.91 Å². The molecule has 1 atom stereocenters. The first-order valence-corrected chi connectivity index (χ1v) is 12.0. The number of likely N-dealkylation sites (tertiary alicyclic amines) is 1. The predicted molar refractivity (Wildman–Crippen MR) is 123 cm³/mol. The lowest BCUT2D eigenvalue weighted by Gasteiger charge is -2.22. The van der Waals surface area contributed by atoms with Crippen LogP contribution >= 0.6 is 11.3 Å². The molecule has 2 aliphatic heterocycles. The molecular formula is C23H28N4O5S. The quantitative estimate of drug-likeness (QED) is 0.667. The van der Waals surface area contributed by atoms with E-state index in [4.69, 9.17) is 9.47 Å². The maximum Gasteiger partial charge on any atom is 0.410 e. The summed E-state index contributed by atoms with van der Waals surface area (Å²) in [6, 6.07) is 9.21. The van der Waals surface area contributed by atoms with Crippen molar-refractivity contribution in [2.45, 2.75) is 38.3 Å². The number of hydrogen-bond acceptors (Lipinski definition) is 7. The number of ether oxygens (including phenoxy) is 2. The molecule has 2 fully saturated rings. The molecule has 0 bridgehead atoms. The van der Waals surface area contributed by atoms with Crippen LogP contribution in [0.2, 0.25) is 0 Å². The van der Waals surface area contributed by atoms with Crippen molar-refractivity contribution in [3.8, 4) is 0 Å². The summed E-state index contributed by atoms with van der Waals surface area (Å²) in [5.41, 5.74) is 1.08. The van der Waals surface area contributed by atoms with E-state index in [2.05, 4.69) is 15.6 Å². The fourth-order valence-corrected chi connectivity index (χ4v) is 5.17. The van der Waals surface area contributed by atoms with E-state index >= 15 is 0 Å². The molecule has 1 aromatic heterocycles. The maximum absolute atomic E-state index is 12.8. The molecule has 1 aromatic carbocycles. The van der Waals surface area contributed by atoms with Gasteiger partial charge in [0.1, 0.15) is 16.6 Å². The summed E-state index contributed by atoms with van der Waals surface area (Å²) in [4.78, 5) is 44.2. The largest absolute Gasteiger partial charge is 0.445 e. The van der Waals surface area contributed by atoms with Gasteiger partial charge in [-0.1, -0.05) is 41.7 Å². The van der Waals surface area contributed by atoms with E-state index in [1.54, 1.807) is 4.90 Å². The molecule has 4 rings (SSSR count). The fourth-order valence-electron chi connectivity index (χ4n) is 4.05. The first kappa shape index (κ1) is 23.2. The SMILES string of the molecule is CNC(=O)c1nc([C@H]2CCCN2C(=O)OCc2ccccc2)sc1NC(=O)C1CCOCC1. The van der Waals surface area contributed by atoms with Crippen LogP contribution in [0.3, 0.4) is 0 Å². The Morgan fingerprint density at radius 2 is 1.94 bits per heavy atom. The predicted octanol–water partition coefficient (Wildman–Crippen LogP) is 3.34. The van der Waals surface area contributed by atoms with Gasteiger partial charge in [-0.15, -0.1) is 0 Å². The smallest absolute Gasteiger partial charge is 0.410 e. The molecule has 0 unspecified atom stereocenters. The summed E-state index contributed by atoms with van der Waals surface area (Å²) in [6.45, 7) is 1.85.